The highest BCUT2D eigenvalue weighted by atomic mass is 16.3. The van der Waals surface area contributed by atoms with Crippen molar-refractivity contribution < 1.29 is 14.7 Å². The maximum Gasteiger partial charge on any atom is 0.275 e. The minimum absolute atomic E-state index is 0.0318. The molecule has 7 nitrogen and oxygen atoms in total. The van der Waals surface area contributed by atoms with Crippen LogP contribution in [0.3, 0.4) is 0 Å². The molecule has 1 aromatic carbocycles. The van der Waals surface area contributed by atoms with Gasteiger partial charge in [0.15, 0.2) is 0 Å². The van der Waals surface area contributed by atoms with Crippen molar-refractivity contribution in [1.29, 1.82) is 0 Å². The standard InChI is InChI=1S/C13H11N3O4/c17-8-2-1-7-6-14-16(13(20)9(7)5-8)10-3-4-11(18)15-12(10)19/h1-2,5-6,10,17H,3-4H2,(H,15,18,19). The number of aromatic nitrogens is 2. The first-order valence-corrected chi connectivity index (χ1v) is 6.10. The highest BCUT2D eigenvalue weighted by Crippen LogP contribution is 2.19. The molecule has 2 aromatic rings. The summed E-state index contributed by atoms with van der Waals surface area (Å²) in [6.07, 6.45) is 1.87. The summed E-state index contributed by atoms with van der Waals surface area (Å²) in [7, 11) is 0. The van der Waals surface area contributed by atoms with E-state index in [0.29, 0.717) is 5.39 Å². The Morgan fingerprint density at radius 2 is 2.10 bits per heavy atom. The molecule has 0 bridgehead atoms. The van der Waals surface area contributed by atoms with Crippen LogP contribution in [0.2, 0.25) is 0 Å². The lowest BCUT2D eigenvalue weighted by Crippen LogP contribution is -2.45. The van der Waals surface area contributed by atoms with Crippen LogP contribution >= 0.6 is 0 Å². The maximum absolute atomic E-state index is 12.3. The number of aromatic hydroxyl groups is 1. The summed E-state index contributed by atoms with van der Waals surface area (Å²) in [6.45, 7) is 0. The second kappa shape index (κ2) is 4.44. The van der Waals surface area contributed by atoms with E-state index in [1.165, 1.54) is 18.3 Å². The lowest BCUT2D eigenvalue weighted by Gasteiger charge is -2.21. The Morgan fingerprint density at radius 3 is 2.85 bits per heavy atom. The van der Waals surface area contributed by atoms with E-state index in [1.54, 1.807) is 6.07 Å². The van der Waals surface area contributed by atoms with Gasteiger partial charge in [0, 0.05) is 11.8 Å². The van der Waals surface area contributed by atoms with Crippen molar-refractivity contribution in [1.82, 2.24) is 15.1 Å². The van der Waals surface area contributed by atoms with Crippen LogP contribution in [0.25, 0.3) is 10.8 Å². The third-order valence-electron chi connectivity index (χ3n) is 3.30. The third-order valence-corrected chi connectivity index (χ3v) is 3.30. The second-order valence-corrected chi connectivity index (χ2v) is 4.63. The minimum Gasteiger partial charge on any atom is -0.508 e. The molecule has 0 aliphatic carbocycles. The van der Waals surface area contributed by atoms with Crippen LogP contribution in [0.15, 0.2) is 29.2 Å². The van der Waals surface area contributed by atoms with Crippen molar-refractivity contribution in [3.8, 4) is 5.75 Å². The van der Waals surface area contributed by atoms with Gasteiger partial charge in [0.2, 0.25) is 5.91 Å². The van der Waals surface area contributed by atoms with E-state index in [9.17, 15) is 19.5 Å². The molecule has 1 aliphatic heterocycles. The van der Waals surface area contributed by atoms with Crippen LogP contribution in [0.1, 0.15) is 18.9 Å². The van der Waals surface area contributed by atoms with Gasteiger partial charge in [0.05, 0.1) is 11.6 Å². The molecule has 7 heteroatoms. The molecule has 0 radical (unpaired) electrons. The lowest BCUT2D eigenvalue weighted by molar-refractivity contribution is -0.136. The number of benzene rings is 1. The number of nitrogens with zero attached hydrogens (tertiary/aromatic N) is 2. The first-order chi connectivity index (χ1) is 9.56. The van der Waals surface area contributed by atoms with Crippen molar-refractivity contribution >= 4 is 22.6 Å². The monoisotopic (exact) mass is 273 g/mol. The number of amides is 2. The van der Waals surface area contributed by atoms with E-state index < -0.39 is 17.5 Å². The Labute approximate surface area is 112 Å². The summed E-state index contributed by atoms with van der Waals surface area (Å²) < 4.78 is 1.06. The van der Waals surface area contributed by atoms with E-state index in [1.807, 2.05) is 0 Å². The molecule has 0 saturated carbocycles. The fourth-order valence-corrected chi connectivity index (χ4v) is 2.28. The normalized spacial score (nSPS) is 19.1. The molecule has 20 heavy (non-hydrogen) atoms. The molecule has 1 aromatic heterocycles. The van der Waals surface area contributed by atoms with Gasteiger partial charge in [-0.15, -0.1) is 0 Å². The van der Waals surface area contributed by atoms with Gasteiger partial charge in [-0.1, -0.05) is 0 Å². The number of phenolic OH excluding ortho intramolecular Hbond substituents is 1. The smallest absolute Gasteiger partial charge is 0.275 e. The van der Waals surface area contributed by atoms with Crippen LogP contribution in [-0.2, 0) is 9.59 Å². The Balaban J connectivity index is 2.13. The largest absolute Gasteiger partial charge is 0.508 e. The summed E-state index contributed by atoms with van der Waals surface area (Å²) in [6, 6.07) is 3.57. The Bertz CT molecular complexity index is 781. The second-order valence-electron chi connectivity index (χ2n) is 4.63. The maximum atomic E-state index is 12.3. The van der Waals surface area contributed by atoms with Crippen molar-refractivity contribution in [3.63, 3.8) is 0 Å². The molecule has 102 valence electrons. The molecule has 1 unspecified atom stereocenters. The number of fused-ring (bicyclic) bond motifs is 1. The van der Waals surface area contributed by atoms with Gasteiger partial charge in [-0.25, -0.2) is 4.68 Å². The van der Waals surface area contributed by atoms with E-state index in [2.05, 4.69) is 10.4 Å². The van der Waals surface area contributed by atoms with Crippen molar-refractivity contribution in [2.75, 3.05) is 0 Å². The Kier molecular flexibility index (Phi) is 2.74. The molecule has 3 rings (SSSR count). The molecule has 2 N–H and O–H groups in total. The van der Waals surface area contributed by atoms with Gasteiger partial charge in [0.25, 0.3) is 11.5 Å². The van der Waals surface area contributed by atoms with E-state index in [-0.39, 0.29) is 29.9 Å². The van der Waals surface area contributed by atoms with Gasteiger partial charge in [0.1, 0.15) is 11.8 Å². The number of piperidine rings is 1. The van der Waals surface area contributed by atoms with E-state index in [4.69, 9.17) is 0 Å². The number of phenols is 1. The zero-order chi connectivity index (χ0) is 14.3. The number of hydrogen-bond acceptors (Lipinski definition) is 5. The molecule has 1 fully saturated rings. The fraction of sp³-hybridized carbons (Fsp3) is 0.231. The number of nitrogens with one attached hydrogen (secondary N) is 1. The molecule has 1 saturated heterocycles. The quantitative estimate of drug-likeness (QED) is 0.716. The number of rotatable bonds is 1. The van der Waals surface area contributed by atoms with Crippen LogP contribution in [-0.4, -0.2) is 26.7 Å². The predicted octanol–water partition coefficient (Wildman–Crippen LogP) is 0.0798. The number of imide groups is 1. The van der Waals surface area contributed by atoms with Crippen LogP contribution in [0, 0.1) is 0 Å². The highest BCUT2D eigenvalue weighted by molar-refractivity contribution is 5.99. The molecule has 1 atom stereocenters. The van der Waals surface area contributed by atoms with Crippen LogP contribution in [0.5, 0.6) is 5.75 Å². The zero-order valence-electron chi connectivity index (χ0n) is 10.4. The van der Waals surface area contributed by atoms with Crippen molar-refractivity contribution in [3.05, 3.63) is 34.7 Å². The van der Waals surface area contributed by atoms with Gasteiger partial charge in [-0.3, -0.25) is 19.7 Å². The van der Waals surface area contributed by atoms with Crippen molar-refractivity contribution in [2.24, 2.45) is 0 Å². The fourth-order valence-electron chi connectivity index (χ4n) is 2.28. The Hall–Kier alpha value is -2.70. The zero-order valence-corrected chi connectivity index (χ0v) is 10.4. The molecule has 2 heterocycles. The van der Waals surface area contributed by atoms with Gasteiger partial charge in [-0.05, 0) is 24.6 Å². The average molecular weight is 273 g/mol. The molecular formula is C13H11N3O4. The van der Waals surface area contributed by atoms with E-state index >= 15 is 0 Å². The minimum atomic E-state index is -0.799. The first kappa shape index (κ1) is 12.3. The molecule has 0 spiro atoms. The third kappa shape index (κ3) is 1.93. The van der Waals surface area contributed by atoms with E-state index in [0.717, 1.165) is 4.68 Å². The molecule has 1 aliphatic rings. The molecular weight excluding hydrogens is 262 g/mol. The summed E-state index contributed by atoms with van der Waals surface area (Å²) in [5.41, 5.74) is -0.465. The summed E-state index contributed by atoms with van der Waals surface area (Å²) >= 11 is 0. The summed E-state index contributed by atoms with van der Waals surface area (Å²) in [5, 5.41) is 16.5. The summed E-state index contributed by atoms with van der Waals surface area (Å²) in [5.74, 6) is -0.913. The number of hydrogen-bond donors (Lipinski definition) is 2. The number of carbonyl (C=O) groups is 2. The van der Waals surface area contributed by atoms with Gasteiger partial charge < -0.3 is 5.11 Å². The average Bonchev–Trinajstić information content (AvgIpc) is 2.41. The van der Waals surface area contributed by atoms with Crippen molar-refractivity contribution in [2.45, 2.75) is 18.9 Å². The topological polar surface area (TPSA) is 101 Å². The molecule has 2 amide bonds. The Morgan fingerprint density at radius 1 is 1.30 bits per heavy atom. The lowest BCUT2D eigenvalue weighted by atomic mass is 10.1. The number of carbonyl (C=O) groups excluding carboxylic acids is 2. The predicted molar refractivity (Wildman–Crippen MR) is 69.1 cm³/mol. The summed E-state index contributed by atoms with van der Waals surface area (Å²) in [4.78, 5) is 35.2. The van der Waals surface area contributed by atoms with Gasteiger partial charge >= 0.3 is 0 Å². The van der Waals surface area contributed by atoms with Crippen LogP contribution < -0.4 is 10.9 Å². The SMILES string of the molecule is O=C1CCC(n2ncc3ccc(O)cc3c2=O)C(=O)N1. The van der Waals surface area contributed by atoms with Crippen LogP contribution in [0.4, 0.5) is 0 Å². The first-order valence-electron chi connectivity index (χ1n) is 6.10. The van der Waals surface area contributed by atoms with Gasteiger partial charge in [-0.2, -0.15) is 5.10 Å². The highest BCUT2D eigenvalue weighted by Gasteiger charge is 2.29.